The lowest BCUT2D eigenvalue weighted by molar-refractivity contribution is -0.141. The molecule has 4 nitrogen and oxygen atoms in total. The van der Waals surface area contributed by atoms with Gasteiger partial charge < -0.3 is 4.74 Å². The van der Waals surface area contributed by atoms with E-state index < -0.39 is 0 Å². The number of carbonyl (C=O) groups is 3. The molecule has 1 aromatic carbocycles. The van der Waals surface area contributed by atoms with Crippen molar-refractivity contribution in [3.05, 3.63) is 35.9 Å². The van der Waals surface area contributed by atoms with E-state index in [4.69, 9.17) is 4.74 Å². The van der Waals surface area contributed by atoms with Crippen molar-refractivity contribution in [3.8, 4) is 0 Å². The largest absolute Gasteiger partial charge is 0.466 e. The number of Topliss-reactive ketones (excluding diaryl/α,β-unsaturated/α-hetero) is 2. The third-order valence-electron chi connectivity index (χ3n) is 2.86. The van der Waals surface area contributed by atoms with E-state index in [1.54, 1.807) is 24.3 Å². The molecule has 20 heavy (non-hydrogen) atoms. The highest BCUT2D eigenvalue weighted by Crippen LogP contribution is 2.07. The Labute approximate surface area is 119 Å². The summed E-state index contributed by atoms with van der Waals surface area (Å²) in [6.07, 6.45) is 2.66. The monoisotopic (exact) mass is 276 g/mol. The van der Waals surface area contributed by atoms with Gasteiger partial charge in [0.1, 0.15) is 5.78 Å². The molecule has 1 rings (SSSR count). The van der Waals surface area contributed by atoms with Crippen LogP contribution in [0.2, 0.25) is 0 Å². The van der Waals surface area contributed by atoms with Crippen LogP contribution in [0.5, 0.6) is 0 Å². The van der Waals surface area contributed by atoms with Gasteiger partial charge >= 0.3 is 5.97 Å². The summed E-state index contributed by atoms with van der Waals surface area (Å²) < 4.78 is 4.79. The van der Waals surface area contributed by atoms with Gasteiger partial charge in [0, 0.05) is 18.9 Å². The summed E-state index contributed by atoms with van der Waals surface area (Å²) in [5, 5.41) is 0. The highest BCUT2D eigenvalue weighted by molar-refractivity contribution is 6.07. The molecule has 0 atom stereocenters. The van der Waals surface area contributed by atoms with Gasteiger partial charge in [0.2, 0.25) is 0 Å². The van der Waals surface area contributed by atoms with Crippen LogP contribution in [0.25, 0.3) is 0 Å². The van der Waals surface area contributed by atoms with Crippen molar-refractivity contribution < 1.29 is 19.1 Å². The van der Waals surface area contributed by atoms with Gasteiger partial charge in [0.15, 0.2) is 5.78 Å². The van der Waals surface area contributed by atoms with Crippen LogP contribution in [0.3, 0.4) is 0 Å². The van der Waals surface area contributed by atoms with Gasteiger partial charge in [-0.2, -0.15) is 0 Å². The highest BCUT2D eigenvalue weighted by Gasteiger charge is 2.10. The molecule has 0 saturated heterocycles. The first-order valence-corrected chi connectivity index (χ1v) is 6.83. The molecule has 0 aliphatic carbocycles. The Morgan fingerprint density at radius 2 is 1.70 bits per heavy atom. The minimum atomic E-state index is -0.283. The van der Waals surface area contributed by atoms with Crippen molar-refractivity contribution in [1.29, 1.82) is 0 Å². The average molecular weight is 276 g/mol. The molecule has 0 N–H and O–H groups in total. The summed E-state index contributed by atoms with van der Waals surface area (Å²) in [6.45, 7) is 1.77. The Kier molecular flexibility index (Phi) is 7.25. The third kappa shape index (κ3) is 6.83. The molecule has 4 heteroatoms. The summed E-state index contributed by atoms with van der Waals surface area (Å²) in [5.74, 6) is -0.448. The molecule has 0 aliphatic heterocycles. The van der Waals surface area contributed by atoms with E-state index >= 15 is 0 Å². The summed E-state index contributed by atoms with van der Waals surface area (Å²) in [7, 11) is 0. The molecule has 0 unspecified atom stereocenters. The second-order valence-corrected chi connectivity index (χ2v) is 4.66. The minimum absolute atomic E-state index is 0.0338. The molecule has 0 aliphatic rings. The number of rotatable bonds is 9. The molecule has 0 spiro atoms. The van der Waals surface area contributed by atoms with Crippen molar-refractivity contribution in [2.24, 2.45) is 0 Å². The Morgan fingerprint density at radius 3 is 2.35 bits per heavy atom. The highest BCUT2D eigenvalue weighted by atomic mass is 16.5. The number of hydrogen-bond acceptors (Lipinski definition) is 4. The Hall–Kier alpha value is -1.97. The summed E-state index contributed by atoms with van der Waals surface area (Å²) in [6, 6.07) is 8.84. The number of hydrogen-bond donors (Lipinski definition) is 0. The first kappa shape index (κ1) is 16.1. The maximum absolute atomic E-state index is 11.8. The molecule has 0 heterocycles. The van der Waals surface area contributed by atoms with Crippen molar-refractivity contribution >= 4 is 17.5 Å². The van der Waals surface area contributed by atoms with Crippen LogP contribution >= 0.6 is 0 Å². The van der Waals surface area contributed by atoms with Gasteiger partial charge in [-0.25, -0.2) is 0 Å². The normalized spacial score (nSPS) is 10.1. The zero-order chi connectivity index (χ0) is 14.8. The van der Waals surface area contributed by atoms with Crippen molar-refractivity contribution in [2.75, 3.05) is 6.61 Å². The maximum Gasteiger partial charge on any atom is 0.302 e. The van der Waals surface area contributed by atoms with Crippen LogP contribution in [0, 0.1) is 0 Å². The fourth-order valence-electron chi connectivity index (χ4n) is 1.81. The number of ether oxygens (including phenoxy) is 1. The van der Waals surface area contributed by atoms with Gasteiger partial charge in [-0.05, 0) is 19.3 Å². The Morgan fingerprint density at radius 1 is 1.00 bits per heavy atom. The van der Waals surface area contributed by atoms with E-state index in [0.717, 1.165) is 19.3 Å². The van der Waals surface area contributed by atoms with Crippen molar-refractivity contribution in [3.63, 3.8) is 0 Å². The van der Waals surface area contributed by atoms with E-state index in [2.05, 4.69) is 0 Å². The van der Waals surface area contributed by atoms with Crippen molar-refractivity contribution in [1.82, 2.24) is 0 Å². The summed E-state index contributed by atoms with van der Waals surface area (Å²) in [4.78, 5) is 34.0. The lowest BCUT2D eigenvalue weighted by Crippen LogP contribution is -2.08. The average Bonchev–Trinajstić information content (AvgIpc) is 2.43. The van der Waals surface area contributed by atoms with E-state index in [0.29, 0.717) is 18.6 Å². The minimum Gasteiger partial charge on any atom is -0.466 e. The number of carbonyl (C=O) groups excluding carboxylic acids is 3. The molecule has 0 aromatic heterocycles. The second kappa shape index (κ2) is 9.02. The number of benzene rings is 1. The molecule has 0 fully saturated rings. The molecular weight excluding hydrogens is 256 g/mol. The lowest BCUT2D eigenvalue weighted by atomic mass is 10.0. The van der Waals surface area contributed by atoms with Crippen LogP contribution in [0.1, 0.15) is 49.4 Å². The van der Waals surface area contributed by atoms with Crippen LogP contribution in [0.15, 0.2) is 30.3 Å². The predicted molar refractivity (Wildman–Crippen MR) is 75.5 cm³/mol. The zero-order valence-electron chi connectivity index (χ0n) is 11.8. The number of ketones is 2. The van der Waals surface area contributed by atoms with Crippen LogP contribution in [-0.2, 0) is 14.3 Å². The predicted octanol–water partition coefficient (Wildman–Crippen LogP) is 2.95. The quantitative estimate of drug-likeness (QED) is 0.301. The first-order chi connectivity index (χ1) is 9.59. The SMILES string of the molecule is CC(=O)OCCCCCC(=O)CC(=O)c1ccccc1. The van der Waals surface area contributed by atoms with E-state index in [9.17, 15) is 14.4 Å². The number of esters is 1. The van der Waals surface area contributed by atoms with E-state index in [1.165, 1.54) is 6.92 Å². The molecular formula is C16H20O4. The maximum atomic E-state index is 11.8. The second-order valence-electron chi connectivity index (χ2n) is 4.66. The fourth-order valence-corrected chi connectivity index (χ4v) is 1.81. The van der Waals surface area contributed by atoms with Crippen molar-refractivity contribution in [2.45, 2.75) is 39.0 Å². The van der Waals surface area contributed by atoms with Crippen LogP contribution in [-0.4, -0.2) is 24.1 Å². The Bertz CT molecular complexity index is 451. The van der Waals surface area contributed by atoms with Gasteiger partial charge in [-0.15, -0.1) is 0 Å². The Balaban J connectivity index is 2.14. The smallest absolute Gasteiger partial charge is 0.302 e. The molecule has 1 aromatic rings. The molecule has 0 bridgehead atoms. The molecule has 108 valence electrons. The standard InChI is InChI=1S/C16H20O4/c1-13(17)20-11-7-3-6-10-15(18)12-16(19)14-8-4-2-5-9-14/h2,4-5,8-9H,3,6-7,10-12H2,1H3. The van der Waals surface area contributed by atoms with Gasteiger partial charge in [-0.1, -0.05) is 30.3 Å². The van der Waals surface area contributed by atoms with Crippen LogP contribution in [0.4, 0.5) is 0 Å². The van der Waals surface area contributed by atoms with Crippen LogP contribution < -0.4 is 0 Å². The zero-order valence-corrected chi connectivity index (χ0v) is 11.8. The summed E-state index contributed by atoms with van der Waals surface area (Å²) >= 11 is 0. The third-order valence-corrected chi connectivity index (χ3v) is 2.86. The summed E-state index contributed by atoms with van der Waals surface area (Å²) in [5.41, 5.74) is 0.579. The van der Waals surface area contributed by atoms with E-state index in [-0.39, 0.29) is 24.0 Å². The molecule has 0 radical (unpaired) electrons. The van der Waals surface area contributed by atoms with Gasteiger partial charge in [0.25, 0.3) is 0 Å². The fraction of sp³-hybridized carbons (Fsp3) is 0.438. The molecule has 0 amide bonds. The van der Waals surface area contributed by atoms with E-state index in [1.807, 2.05) is 6.07 Å². The molecule has 0 saturated carbocycles. The lowest BCUT2D eigenvalue weighted by Gasteiger charge is -2.02. The van der Waals surface area contributed by atoms with Gasteiger partial charge in [-0.3, -0.25) is 14.4 Å². The first-order valence-electron chi connectivity index (χ1n) is 6.83. The topological polar surface area (TPSA) is 60.4 Å². The van der Waals surface area contributed by atoms with Gasteiger partial charge in [0.05, 0.1) is 13.0 Å². The number of unbranched alkanes of at least 4 members (excludes halogenated alkanes) is 2.